The van der Waals surface area contributed by atoms with Crippen LogP contribution in [0.25, 0.3) is 11.0 Å². The zero-order chi connectivity index (χ0) is 13.7. The van der Waals surface area contributed by atoms with E-state index in [0.717, 1.165) is 36.2 Å². The average Bonchev–Trinajstić information content (AvgIpc) is 2.83. The molecule has 2 N–H and O–H groups in total. The first-order valence-corrected chi connectivity index (χ1v) is 7.99. The number of imidazole rings is 1. The van der Waals surface area contributed by atoms with E-state index < -0.39 is 0 Å². The van der Waals surface area contributed by atoms with Crippen molar-refractivity contribution < 1.29 is 0 Å². The number of rotatable bonds is 4. The number of hydrogen-bond donors (Lipinski definition) is 1. The van der Waals surface area contributed by atoms with Crippen LogP contribution in [0.15, 0.2) is 24.3 Å². The summed E-state index contributed by atoms with van der Waals surface area (Å²) in [4.78, 5) is 4.81. The van der Waals surface area contributed by atoms with Gasteiger partial charge in [0.15, 0.2) is 0 Å². The Bertz CT molecular complexity index is 620. The highest BCUT2D eigenvalue weighted by molar-refractivity contribution is 5.75. The first kappa shape index (κ1) is 12.4. The fourth-order valence-corrected chi connectivity index (χ4v) is 4.49. The summed E-state index contributed by atoms with van der Waals surface area (Å²) in [7, 11) is 0. The second-order valence-corrected chi connectivity index (χ2v) is 6.46. The molecule has 0 aliphatic heterocycles. The standard InChI is InChI=1S/C17H23N3/c1-2-20-15-9-4-3-8-14(15)19-16(20)10-13(18)17-11-6-5-7-12(11)17/h3-4,8-9,11-13,17H,2,5-7,10,18H2,1H3. The smallest absolute Gasteiger partial charge is 0.111 e. The van der Waals surface area contributed by atoms with E-state index in [9.17, 15) is 0 Å². The Morgan fingerprint density at radius 1 is 1.30 bits per heavy atom. The fourth-order valence-electron chi connectivity index (χ4n) is 4.49. The molecule has 2 aliphatic carbocycles. The van der Waals surface area contributed by atoms with Crippen molar-refractivity contribution in [3.05, 3.63) is 30.1 Å². The van der Waals surface area contributed by atoms with E-state index in [1.165, 1.54) is 30.6 Å². The Balaban J connectivity index is 1.59. The number of benzene rings is 1. The Kier molecular flexibility index (Phi) is 2.84. The van der Waals surface area contributed by atoms with Crippen LogP contribution in [-0.2, 0) is 13.0 Å². The summed E-state index contributed by atoms with van der Waals surface area (Å²) < 4.78 is 2.33. The molecule has 3 atom stereocenters. The van der Waals surface area contributed by atoms with Crippen LogP contribution in [0.1, 0.15) is 32.0 Å². The van der Waals surface area contributed by atoms with Gasteiger partial charge in [0.2, 0.25) is 0 Å². The van der Waals surface area contributed by atoms with Crippen LogP contribution in [0.5, 0.6) is 0 Å². The maximum Gasteiger partial charge on any atom is 0.111 e. The third-order valence-electron chi connectivity index (χ3n) is 5.44. The van der Waals surface area contributed by atoms with Gasteiger partial charge in [-0.05, 0) is 49.7 Å². The lowest BCUT2D eigenvalue weighted by Gasteiger charge is -2.14. The summed E-state index contributed by atoms with van der Waals surface area (Å²) in [6.45, 7) is 3.16. The quantitative estimate of drug-likeness (QED) is 0.927. The zero-order valence-corrected chi connectivity index (χ0v) is 12.1. The van der Waals surface area contributed by atoms with Gasteiger partial charge in [0.05, 0.1) is 11.0 Å². The van der Waals surface area contributed by atoms with Gasteiger partial charge in [0.25, 0.3) is 0 Å². The van der Waals surface area contributed by atoms with Crippen LogP contribution in [0.4, 0.5) is 0 Å². The number of aromatic nitrogens is 2. The maximum atomic E-state index is 6.49. The first-order valence-electron chi connectivity index (χ1n) is 7.99. The monoisotopic (exact) mass is 269 g/mol. The molecule has 2 aromatic rings. The van der Waals surface area contributed by atoms with Crippen LogP contribution in [0.2, 0.25) is 0 Å². The van der Waals surface area contributed by atoms with E-state index in [1.807, 2.05) is 0 Å². The van der Waals surface area contributed by atoms with E-state index >= 15 is 0 Å². The average molecular weight is 269 g/mol. The number of aryl methyl sites for hydroxylation is 1. The lowest BCUT2D eigenvalue weighted by molar-refractivity contribution is 0.471. The lowest BCUT2D eigenvalue weighted by atomic mass is 10.0. The van der Waals surface area contributed by atoms with Gasteiger partial charge in [-0.1, -0.05) is 18.6 Å². The van der Waals surface area contributed by atoms with Gasteiger partial charge in [-0.25, -0.2) is 4.98 Å². The summed E-state index contributed by atoms with van der Waals surface area (Å²) in [6.07, 6.45) is 5.17. The molecular formula is C17H23N3. The Hall–Kier alpha value is -1.35. The number of hydrogen-bond acceptors (Lipinski definition) is 2. The number of fused-ring (bicyclic) bond motifs is 2. The molecule has 2 saturated carbocycles. The summed E-state index contributed by atoms with van der Waals surface area (Å²) in [5.41, 5.74) is 8.84. The molecular weight excluding hydrogens is 246 g/mol. The summed E-state index contributed by atoms with van der Waals surface area (Å²) in [6, 6.07) is 8.71. The summed E-state index contributed by atoms with van der Waals surface area (Å²) in [5.74, 6) is 3.81. The zero-order valence-electron chi connectivity index (χ0n) is 12.1. The normalized spacial score (nSPS) is 29.6. The van der Waals surface area contributed by atoms with E-state index in [0.29, 0.717) is 6.04 Å². The highest BCUT2D eigenvalue weighted by atomic mass is 15.1. The van der Waals surface area contributed by atoms with E-state index in [4.69, 9.17) is 10.7 Å². The molecule has 3 unspecified atom stereocenters. The third-order valence-corrected chi connectivity index (χ3v) is 5.44. The predicted octanol–water partition coefficient (Wildman–Crippen LogP) is 2.97. The topological polar surface area (TPSA) is 43.8 Å². The third kappa shape index (κ3) is 1.80. The molecule has 0 radical (unpaired) electrons. The van der Waals surface area contributed by atoms with E-state index in [1.54, 1.807) is 0 Å². The molecule has 0 saturated heterocycles. The van der Waals surface area contributed by atoms with Gasteiger partial charge in [-0.15, -0.1) is 0 Å². The van der Waals surface area contributed by atoms with Crippen LogP contribution in [0, 0.1) is 17.8 Å². The summed E-state index contributed by atoms with van der Waals surface area (Å²) >= 11 is 0. The minimum Gasteiger partial charge on any atom is -0.328 e. The highest BCUT2D eigenvalue weighted by Gasteiger charge is 2.54. The molecule has 0 amide bonds. The lowest BCUT2D eigenvalue weighted by Crippen LogP contribution is -2.29. The summed E-state index contributed by atoms with van der Waals surface area (Å²) in [5, 5.41) is 0. The van der Waals surface area contributed by atoms with Gasteiger partial charge in [-0.2, -0.15) is 0 Å². The van der Waals surface area contributed by atoms with Crippen molar-refractivity contribution in [3.63, 3.8) is 0 Å². The van der Waals surface area contributed by atoms with Crippen LogP contribution in [0.3, 0.4) is 0 Å². The van der Waals surface area contributed by atoms with Crippen LogP contribution in [-0.4, -0.2) is 15.6 Å². The largest absolute Gasteiger partial charge is 0.328 e. The molecule has 4 rings (SSSR count). The molecule has 1 aromatic heterocycles. The Morgan fingerprint density at radius 2 is 2.05 bits per heavy atom. The Labute approximate surface area is 120 Å². The minimum atomic E-state index is 0.299. The van der Waals surface area contributed by atoms with Crippen LogP contribution < -0.4 is 5.73 Å². The van der Waals surface area contributed by atoms with Crippen molar-refractivity contribution in [2.75, 3.05) is 0 Å². The molecule has 2 aliphatic rings. The molecule has 20 heavy (non-hydrogen) atoms. The number of para-hydroxylation sites is 2. The van der Waals surface area contributed by atoms with Crippen molar-refractivity contribution in [1.29, 1.82) is 0 Å². The fraction of sp³-hybridized carbons (Fsp3) is 0.588. The molecule has 1 aromatic carbocycles. The van der Waals surface area contributed by atoms with Crippen molar-refractivity contribution >= 4 is 11.0 Å². The van der Waals surface area contributed by atoms with Gasteiger partial charge in [-0.3, -0.25) is 0 Å². The van der Waals surface area contributed by atoms with Gasteiger partial charge >= 0.3 is 0 Å². The molecule has 0 bridgehead atoms. The number of nitrogens with zero attached hydrogens (tertiary/aromatic N) is 2. The SMILES string of the molecule is CCn1c(CC(N)C2C3CCCC32)nc2ccccc21. The first-order chi connectivity index (χ1) is 9.79. The van der Waals surface area contributed by atoms with Crippen molar-refractivity contribution in [2.45, 2.75) is 45.2 Å². The van der Waals surface area contributed by atoms with E-state index in [2.05, 4.69) is 35.8 Å². The molecule has 0 spiro atoms. The highest BCUT2D eigenvalue weighted by Crippen LogP contribution is 2.58. The molecule has 1 heterocycles. The van der Waals surface area contributed by atoms with Crippen molar-refractivity contribution in [2.24, 2.45) is 23.5 Å². The number of nitrogens with two attached hydrogens (primary N) is 1. The van der Waals surface area contributed by atoms with E-state index in [-0.39, 0.29) is 0 Å². The molecule has 106 valence electrons. The van der Waals surface area contributed by atoms with Gasteiger partial charge < -0.3 is 10.3 Å². The minimum absolute atomic E-state index is 0.299. The van der Waals surface area contributed by atoms with Crippen LogP contribution >= 0.6 is 0 Å². The van der Waals surface area contributed by atoms with Gasteiger partial charge in [0, 0.05) is 19.0 Å². The molecule has 2 fully saturated rings. The second kappa shape index (κ2) is 4.59. The Morgan fingerprint density at radius 3 is 2.80 bits per heavy atom. The van der Waals surface area contributed by atoms with Gasteiger partial charge in [0.1, 0.15) is 5.82 Å². The maximum absolute atomic E-state index is 6.49. The second-order valence-electron chi connectivity index (χ2n) is 6.46. The molecule has 3 nitrogen and oxygen atoms in total. The predicted molar refractivity (Wildman–Crippen MR) is 81.4 cm³/mol. The van der Waals surface area contributed by atoms with Crippen molar-refractivity contribution in [1.82, 2.24) is 9.55 Å². The van der Waals surface area contributed by atoms with Crippen molar-refractivity contribution in [3.8, 4) is 0 Å². The molecule has 3 heteroatoms.